The molecule has 0 N–H and O–H groups in total. The Bertz CT molecular complexity index is 841. The first kappa shape index (κ1) is 14.8. The second-order valence-electron chi connectivity index (χ2n) is 5.53. The van der Waals surface area contributed by atoms with E-state index in [2.05, 4.69) is 46.3 Å². The number of hydrogen-bond acceptors (Lipinski definition) is 3. The number of nitriles is 1. The summed E-state index contributed by atoms with van der Waals surface area (Å²) < 4.78 is 0. The lowest BCUT2D eigenvalue weighted by molar-refractivity contribution is 1.13. The van der Waals surface area contributed by atoms with Gasteiger partial charge in [0.25, 0.3) is 0 Å². The van der Waals surface area contributed by atoms with Crippen LogP contribution in [0.25, 0.3) is 22.4 Å². The van der Waals surface area contributed by atoms with E-state index >= 15 is 0 Å². The van der Waals surface area contributed by atoms with Gasteiger partial charge in [-0.15, -0.1) is 0 Å². The maximum absolute atomic E-state index is 8.94. The number of hydrogen-bond donors (Lipinski definition) is 0. The molecule has 0 aliphatic rings. The number of pyridine rings is 1. The SMILES string of the molecule is CN(C)c1ccc(-c2ncccc2-c2ccc(C#N)cc2)cc1. The molecule has 23 heavy (non-hydrogen) atoms. The van der Waals surface area contributed by atoms with Gasteiger partial charge in [-0.05, 0) is 35.9 Å². The van der Waals surface area contributed by atoms with Crippen molar-refractivity contribution in [2.75, 3.05) is 19.0 Å². The van der Waals surface area contributed by atoms with Crippen LogP contribution in [0.1, 0.15) is 5.56 Å². The lowest BCUT2D eigenvalue weighted by atomic mass is 9.98. The Morgan fingerprint density at radius 2 is 1.52 bits per heavy atom. The Hall–Kier alpha value is -3.12. The Morgan fingerprint density at radius 1 is 0.870 bits per heavy atom. The van der Waals surface area contributed by atoms with Gasteiger partial charge in [0.15, 0.2) is 0 Å². The molecule has 0 saturated heterocycles. The van der Waals surface area contributed by atoms with Crippen LogP contribution in [0.5, 0.6) is 0 Å². The van der Waals surface area contributed by atoms with Crippen molar-refractivity contribution in [1.82, 2.24) is 4.98 Å². The molecular weight excluding hydrogens is 282 g/mol. The summed E-state index contributed by atoms with van der Waals surface area (Å²) in [5, 5.41) is 8.94. The summed E-state index contributed by atoms with van der Waals surface area (Å²) in [6.07, 6.45) is 1.81. The average molecular weight is 299 g/mol. The minimum absolute atomic E-state index is 0.662. The molecule has 1 heterocycles. The van der Waals surface area contributed by atoms with Crippen LogP contribution >= 0.6 is 0 Å². The minimum atomic E-state index is 0.662. The number of rotatable bonds is 3. The van der Waals surface area contributed by atoms with Gasteiger partial charge in [-0.2, -0.15) is 5.26 Å². The largest absolute Gasteiger partial charge is 0.378 e. The van der Waals surface area contributed by atoms with Gasteiger partial charge in [-0.25, -0.2) is 0 Å². The van der Waals surface area contributed by atoms with Crippen molar-refractivity contribution in [2.24, 2.45) is 0 Å². The predicted octanol–water partition coefficient (Wildman–Crippen LogP) is 4.35. The average Bonchev–Trinajstić information content (AvgIpc) is 2.62. The maximum Gasteiger partial charge on any atom is 0.0991 e. The monoisotopic (exact) mass is 299 g/mol. The van der Waals surface area contributed by atoms with Gasteiger partial charge in [0.05, 0.1) is 17.3 Å². The van der Waals surface area contributed by atoms with Crippen LogP contribution in [0.4, 0.5) is 5.69 Å². The first-order valence-corrected chi connectivity index (χ1v) is 7.42. The van der Waals surface area contributed by atoms with Crippen LogP contribution in [-0.2, 0) is 0 Å². The van der Waals surface area contributed by atoms with Crippen molar-refractivity contribution in [1.29, 1.82) is 5.26 Å². The molecule has 0 bridgehead atoms. The minimum Gasteiger partial charge on any atom is -0.378 e. The van der Waals surface area contributed by atoms with E-state index in [1.807, 2.05) is 50.6 Å². The number of aromatic nitrogens is 1. The standard InChI is InChI=1S/C20H17N3/c1-23(2)18-11-9-17(10-12-18)20-19(4-3-13-22-20)16-7-5-15(14-21)6-8-16/h3-13H,1-2H3. The zero-order chi connectivity index (χ0) is 16.2. The molecule has 3 heteroatoms. The van der Waals surface area contributed by atoms with E-state index < -0.39 is 0 Å². The highest BCUT2D eigenvalue weighted by molar-refractivity contribution is 5.81. The van der Waals surface area contributed by atoms with E-state index in [9.17, 15) is 0 Å². The molecule has 1 aromatic heterocycles. The molecule has 0 radical (unpaired) electrons. The molecule has 3 nitrogen and oxygen atoms in total. The van der Waals surface area contributed by atoms with Crippen LogP contribution in [0.2, 0.25) is 0 Å². The molecule has 0 atom stereocenters. The third kappa shape index (κ3) is 3.07. The fourth-order valence-corrected chi connectivity index (χ4v) is 2.51. The number of anilines is 1. The summed E-state index contributed by atoms with van der Waals surface area (Å²) in [6, 6.07) is 22.1. The molecule has 0 fully saturated rings. The van der Waals surface area contributed by atoms with Gasteiger partial charge in [-0.3, -0.25) is 4.98 Å². The third-order valence-corrected chi connectivity index (χ3v) is 3.79. The summed E-state index contributed by atoms with van der Waals surface area (Å²) in [7, 11) is 4.05. The molecule has 3 rings (SSSR count). The molecule has 112 valence electrons. The van der Waals surface area contributed by atoms with Crippen LogP contribution in [0.3, 0.4) is 0 Å². The lowest BCUT2D eigenvalue weighted by Crippen LogP contribution is -2.07. The molecular formula is C20H17N3. The molecule has 0 saturated carbocycles. The lowest BCUT2D eigenvalue weighted by Gasteiger charge is -2.14. The van der Waals surface area contributed by atoms with E-state index in [0.717, 1.165) is 28.1 Å². The van der Waals surface area contributed by atoms with Gasteiger partial charge >= 0.3 is 0 Å². The third-order valence-electron chi connectivity index (χ3n) is 3.79. The van der Waals surface area contributed by atoms with Crippen molar-refractivity contribution in [3.63, 3.8) is 0 Å². The highest BCUT2D eigenvalue weighted by Gasteiger charge is 2.09. The molecule has 3 aromatic rings. The second kappa shape index (κ2) is 6.33. The van der Waals surface area contributed by atoms with Crippen LogP contribution in [0.15, 0.2) is 66.9 Å². The zero-order valence-corrected chi connectivity index (χ0v) is 13.2. The van der Waals surface area contributed by atoms with Crippen molar-refractivity contribution < 1.29 is 0 Å². The normalized spacial score (nSPS) is 10.1. The van der Waals surface area contributed by atoms with Crippen LogP contribution < -0.4 is 4.90 Å². The van der Waals surface area contributed by atoms with Gasteiger partial charge in [-0.1, -0.05) is 30.3 Å². The molecule has 0 amide bonds. The van der Waals surface area contributed by atoms with E-state index in [4.69, 9.17) is 5.26 Å². The van der Waals surface area contributed by atoms with Crippen molar-refractivity contribution in [3.8, 4) is 28.5 Å². The molecule has 0 unspecified atom stereocenters. The number of benzene rings is 2. The molecule has 2 aromatic carbocycles. The van der Waals surface area contributed by atoms with Gasteiger partial charge in [0.2, 0.25) is 0 Å². The summed E-state index contributed by atoms with van der Waals surface area (Å²) in [6.45, 7) is 0. The van der Waals surface area contributed by atoms with Crippen LogP contribution in [-0.4, -0.2) is 19.1 Å². The van der Waals surface area contributed by atoms with Gasteiger partial charge in [0, 0.05) is 37.1 Å². The van der Waals surface area contributed by atoms with Crippen LogP contribution in [0, 0.1) is 11.3 Å². The highest BCUT2D eigenvalue weighted by Crippen LogP contribution is 2.31. The first-order valence-electron chi connectivity index (χ1n) is 7.42. The Kier molecular flexibility index (Phi) is 4.07. The Morgan fingerprint density at radius 3 is 2.13 bits per heavy atom. The highest BCUT2D eigenvalue weighted by atomic mass is 15.1. The first-order chi connectivity index (χ1) is 11.2. The van der Waals surface area contributed by atoms with E-state index in [1.165, 1.54) is 0 Å². The fraction of sp³-hybridized carbons (Fsp3) is 0.100. The number of nitrogens with zero attached hydrogens (tertiary/aromatic N) is 3. The predicted molar refractivity (Wildman–Crippen MR) is 94.2 cm³/mol. The molecule has 0 aliphatic heterocycles. The molecule has 0 spiro atoms. The van der Waals surface area contributed by atoms with E-state index in [-0.39, 0.29) is 0 Å². The summed E-state index contributed by atoms with van der Waals surface area (Å²) in [5.74, 6) is 0. The Balaban J connectivity index is 2.05. The van der Waals surface area contributed by atoms with E-state index in [0.29, 0.717) is 5.56 Å². The van der Waals surface area contributed by atoms with Gasteiger partial charge in [0.1, 0.15) is 0 Å². The maximum atomic E-state index is 8.94. The fourth-order valence-electron chi connectivity index (χ4n) is 2.51. The van der Waals surface area contributed by atoms with Gasteiger partial charge < -0.3 is 4.90 Å². The van der Waals surface area contributed by atoms with Crippen molar-refractivity contribution in [2.45, 2.75) is 0 Å². The summed E-state index contributed by atoms with van der Waals surface area (Å²) >= 11 is 0. The van der Waals surface area contributed by atoms with E-state index in [1.54, 1.807) is 0 Å². The molecule has 0 aliphatic carbocycles. The quantitative estimate of drug-likeness (QED) is 0.721. The summed E-state index contributed by atoms with van der Waals surface area (Å²) in [5.41, 5.74) is 5.97. The summed E-state index contributed by atoms with van der Waals surface area (Å²) in [4.78, 5) is 6.64. The topological polar surface area (TPSA) is 39.9 Å². The second-order valence-corrected chi connectivity index (χ2v) is 5.53. The zero-order valence-electron chi connectivity index (χ0n) is 13.2. The van der Waals surface area contributed by atoms with Crippen molar-refractivity contribution >= 4 is 5.69 Å². The Labute approximate surface area is 136 Å². The smallest absolute Gasteiger partial charge is 0.0991 e. The van der Waals surface area contributed by atoms with Crippen molar-refractivity contribution in [3.05, 3.63) is 72.4 Å².